The number of halogens is 1. The monoisotopic (exact) mass is 547 g/mol. The summed E-state index contributed by atoms with van der Waals surface area (Å²) in [5.41, 5.74) is 9.21. The van der Waals surface area contributed by atoms with Gasteiger partial charge in [0.1, 0.15) is 17.2 Å². The number of nitrogens with two attached hydrogens (primary N) is 1. The van der Waals surface area contributed by atoms with Crippen LogP contribution in [0, 0.1) is 0 Å². The Hall–Kier alpha value is -3.37. The van der Waals surface area contributed by atoms with Crippen LogP contribution in [0.15, 0.2) is 36.4 Å². The number of phosphoric ester groups is 1. The fourth-order valence-corrected chi connectivity index (χ4v) is 4.69. The van der Waals surface area contributed by atoms with Crippen LogP contribution < -0.4 is 15.6 Å². The summed E-state index contributed by atoms with van der Waals surface area (Å²) in [5, 5.41) is 13.8. The normalized spacial score (nSPS) is 11.8. The van der Waals surface area contributed by atoms with E-state index in [1.165, 1.54) is 6.07 Å². The van der Waals surface area contributed by atoms with Crippen molar-refractivity contribution >= 4 is 53.1 Å². The first-order valence-corrected chi connectivity index (χ1v) is 13.6. The smallest absolute Gasteiger partial charge is 0.504 e. The maximum atomic E-state index is 11.7. The molecule has 4 aromatic rings. The van der Waals surface area contributed by atoms with Crippen LogP contribution in [0.1, 0.15) is 36.7 Å². The molecule has 11 nitrogen and oxygen atoms in total. The minimum absolute atomic E-state index is 0.0883. The average molecular weight is 548 g/mol. The first-order chi connectivity index (χ1) is 17.6. The largest absolute Gasteiger partial charge is 0.524 e. The highest BCUT2D eigenvalue weighted by Crippen LogP contribution is 2.44. The summed E-state index contributed by atoms with van der Waals surface area (Å²) >= 11 is 5.59. The molecule has 0 bridgehead atoms. The number of phenolic OH excluding ortho intramolecular Hbond substituents is 1. The number of nitrogens with one attached hydrogen (secondary N) is 1. The molecule has 0 unspecified atom stereocenters. The third-order valence-corrected chi connectivity index (χ3v) is 6.49. The Morgan fingerprint density at radius 1 is 1.24 bits per heavy atom. The van der Waals surface area contributed by atoms with Crippen LogP contribution in [-0.4, -0.2) is 41.2 Å². The average Bonchev–Trinajstić information content (AvgIpc) is 3.21. The number of aryl methyl sites for hydroxylation is 1. The molecule has 0 aliphatic heterocycles. The number of imidazole rings is 1. The molecule has 37 heavy (non-hydrogen) atoms. The van der Waals surface area contributed by atoms with Crippen LogP contribution in [0.25, 0.3) is 21.9 Å². The standard InChI is InChI=1S/C24H27ClN5O6P/c1-2-3-7-19-29-21-22(30(19)13-15-5-4-6-18(31)23(15)36-37(33,34)35)16-10-14(12-27-20(32)11-25)8-9-17(16)28-24(21)26/h4-6,8-10,31H,2-3,7,11-13H2,1H3,(H2,26,28)(H,27,32)(H2,33,34,35). The molecule has 0 saturated heterocycles. The Labute approximate surface area is 217 Å². The second-order valence-electron chi connectivity index (χ2n) is 8.52. The van der Waals surface area contributed by atoms with E-state index in [2.05, 4.69) is 17.2 Å². The number of carbonyl (C=O) groups excluding carboxylic acids is 1. The molecule has 0 spiro atoms. The van der Waals surface area contributed by atoms with Gasteiger partial charge >= 0.3 is 7.82 Å². The summed E-state index contributed by atoms with van der Waals surface area (Å²) in [6.45, 7) is 2.41. The van der Waals surface area contributed by atoms with E-state index in [0.29, 0.717) is 34.4 Å². The number of unbranched alkanes of at least 4 members (excludes halogenated alkanes) is 1. The number of carbonyl (C=O) groups is 1. The number of aromatic nitrogens is 3. The highest BCUT2D eigenvalue weighted by molar-refractivity contribution is 7.46. The number of nitrogens with zero attached hydrogens (tertiary/aromatic N) is 3. The minimum atomic E-state index is -4.94. The van der Waals surface area contributed by atoms with Gasteiger partial charge in [0.15, 0.2) is 17.3 Å². The molecule has 0 fully saturated rings. The molecule has 0 aliphatic rings. The van der Waals surface area contributed by atoms with Gasteiger partial charge in [0, 0.05) is 23.9 Å². The topological polar surface area (TPSA) is 173 Å². The van der Waals surface area contributed by atoms with Gasteiger partial charge in [-0.25, -0.2) is 14.5 Å². The van der Waals surface area contributed by atoms with E-state index in [4.69, 9.17) is 26.8 Å². The zero-order valence-electron chi connectivity index (χ0n) is 20.0. The van der Waals surface area contributed by atoms with Crippen LogP contribution in [0.5, 0.6) is 11.5 Å². The number of rotatable bonds is 10. The molecule has 0 aliphatic carbocycles. The van der Waals surface area contributed by atoms with Gasteiger partial charge in [-0.1, -0.05) is 31.5 Å². The maximum Gasteiger partial charge on any atom is 0.524 e. The van der Waals surface area contributed by atoms with Gasteiger partial charge in [0.25, 0.3) is 0 Å². The van der Waals surface area contributed by atoms with Gasteiger partial charge in [-0.15, -0.1) is 11.6 Å². The molecular weight excluding hydrogens is 521 g/mol. The lowest BCUT2D eigenvalue weighted by Gasteiger charge is -2.16. The van der Waals surface area contributed by atoms with Crippen molar-refractivity contribution in [3.8, 4) is 11.5 Å². The second-order valence-corrected chi connectivity index (χ2v) is 9.95. The lowest BCUT2D eigenvalue weighted by molar-refractivity contribution is -0.118. The number of phenols is 1. The van der Waals surface area contributed by atoms with E-state index in [1.54, 1.807) is 18.2 Å². The first-order valence-electron chi connectivity index (χ1n) is 11.6. The Balaban J connectivity index is 1.92. The van der Waals surface area contributed by atoms with Crippen LogP contribution in [0.4, 0.5) is 5.82 Å². The summed E-state index contributed by atoms with van der Waals surface area (Å²) in [6, 6.07) is 9.98. The van der Waals surface area contributed by atoms with Crippen molar-refractivity contribution in [1.29, 1.82) is 0 Å². The fourth-order valence-electron chi connectivity index (χ4n) is 4.15. The van der Waals surface area contributed by atoms with Gasteiger partial charge in [-0.3, -0.25) is 14.6 Å². The van der Waals surface area contributed by atoms with Gasteiger partial charge < -0.3 is 25.2 Å². The van der Waals surface area contributed by atoms with E-state index in [0.717, 1.165) is 23.8 Å². The minimum Gasteiger partial charge on any atom is -0.504 e. The maximum absolute atomic E-state index is 11.7. The van der Waals surface area contributed by atoms with Crippen LogP contribution in [0.3, 0.4) is 0 Å². The Kier molecular flexibility index (Phi) is 7.89. The number of anilines is 1. The summed E-state index contributed by atoms with van der Waals surface area (Å²) in [5.74, 6) is -0.213. The quantitative estimate of drug-likeness (QED) is 0.147. The number of hydrogen-bond acceptors (Lipinski definition) is 7. The number of nitrogen functional groups attached to an aromatic ring is 1. The number of fused-ring (bicyclic) bond motifs is 3. The zero-order valence-corrected chi connectivity index (χ0v) is 21.7. The van der Waals surface area contributed by atoms with E-state index in [9.17, 15) is 24.3 Å². The number of alkyl halides is 1. The molecule has 1 amide bonds. The highest BCUT2D eigenvalue weighted by Gasteiger charge is 2.24. The second kappa shape index (κ2) is 10.9. The van der Waals surface area contributed by atoms with Crippen LogP contribution >= 0.6 is 19.4 Å². The van der Waals surface area contributed by atoms with Crippen molar-refractivity contribution in [2.75, 3.05) is 11.6 Å². The lowest BCUT2D eigenvalue weighted by Crippen LogP contribution is -2.23. The van der Waals surface area contributed by atoms with Gasteiger partial charge in [-0.2, -0.15) is 0 Å². The van der Waals surface area contributed by atoms with Gasteiger partial charge in [-0.05, 0) is 30.2 Å². The third-order valence-electron chi connectivity index (χ3n) is 5.83. The van der Waals surface area contributed by atoms with E-state index in [-0.39, 0.29) is 36.4 Å². The summed E-state index contributed by atoms with van der Waals surface area (Å²) in [4.78, 5) is 39.7. The molecule has 4 rings (SSSR count). The van der Waals surface area contributed by atoms with Crippen molar-refractivity contribution in [3.05, 3.63) is 53.3 Å². The van der Waals surface area contributed by atoms with Crippen molar-refractivity contribution in [1.82, 2.24) is 19.9 Å². The van der Waals surface area contributed by atoms with E-state index < -0.39 is 13.6 Å². The molecular formula is C24H27ClN5O6P. The van der Waals surface area contributed by atoms with Crippen LogP contribution in [0.2, 0.25) is 0 Å². The number of phosphoric acid groups is 1. The first kappa shape index (κ1) is 26.7. The molecule has 2 heterocycles. The molecule has 196 valence electrons. The third kappa shape index (κ3) is 5.97. The van der Waals surface area contributed by atoms with E-state index >= 15 is 0 Å². The fraction of sp³-hybridized carbons (Fsp3) is 0.292. The summed E-state index contributed by atoms with van der Waals surface area (Å²) < 4.78 is 18.3. The Morgan fingerprint density at radius 2 is 2.03 bits per heavy atom. The number of amides is 1. The van der Waals surface area contributed by atoms with Crippen LogP contribution in [-0.2, 0) is 28.9 Å². The van der Waals surface area contributed by atoms with Crippen molar-refractivity contribution in [2.45, 2.75) is 39.3 Å². The van der Waals surface area contributed by atoms with Crippen molar-refractivity contribution in [3.63, 3.8) is 0 Å². The molecule has 0 radical (unpaired) electrons. The number of benzene rings is 2. The molecule has 13 heteroatoms. The van der Waals surface area contributed by atoms with Gasteiger partial charge in [0.05, 0.1) is 17.6 Å². The Morgan fingerprint density at radius 3 is 2.73 bits per heavy atom. The summed E-state index contributed by atoms with van der Waals surface area (Å²) in [6.07, 6.45) is 2.38. The Bertz CT molecular complexity index is 1520. The molecule has 0 atom stereocenters. The number of pyridine rings is 1. The molecule has 2 aromatic heterocycles. The predicted octanol–water partition coefficient (Wildman–Crippen LogP) is 3.59. The van der Waals surface area contributed by atoms with E-state index in [1.807, 2.05) is 16.7 Å². The molecule has 6 N–H and O–H groups in total. The number of hydrogen-bond donors (Lipinski definition) is 5. The SMILES string of the molecule is CCCCc1nc2c(N)nc3ccc(CNC(=O)CCl)cc3c2n1Cc1cccc(O)c1OP(=O)(O)O. The lowest BCUT2D eigenvalue weighted by atomic mass is 10.1. The summed E-state index contributed by atoms with van der Waals surface area (Å²) in [7, 11) is -4.94. The predicted molar refractivity (Wildman–Crippen MR) is 141 cm³/mol. The number of aromatic hydroxyl groups is 1. The highest BCUT2D eigenvalue weighted by atomic mass is 35.5. The van der Waals surface area contributed by atoms with Crippen molar-refractivity contribution in [2.24, 2.45) is 0 Å². The molecule has 0 saturated carbocycles. The molecule has 2 aromatic carbocycles. The number of para-hydroxylation sites is 1. The van der Waals surface area contributed by atoms with Crippen molar-refractivity contribution < 1.29 is 28.8 Å². The zero-order chi connectivity index (χ0) is 26.7. The van der Waals surface area contributed by atoms with Gasteiger partial charge in [0.2, 0.25) is 5.91 Å².